The average Bonchev–Trinajstić information content (AvgIpc) is 3.31. The summed E-state index contributed by atoms with van der Waals surface area (Å²) in [5, 5.41) is 6.10. The third-order valence-electron chi connectivity index (χ3n) is 6.02. The van der Waals surface area contributed by atoms with Crippen LogP contribution in [0.3, 0.4) is 0 Å². The van der Waals surface area contributed by atoms with Gasteiger partial charge in [-0.2, -0.15) is 10.1 Å². The van der Waals surface area contributed by atoms with E-state index in [0.717, 1.165) is 37.0 Å². The summed E-state index contributed by atoms with van der Waals surface area (Å²) in [6, 6.07) is 22.9. The minimum Gasteiger partial charge on any atom is -0.314 e. The van der Waals surface area contributed by atoms with Crippen LogP contribution in [-0.4, -0.2) is 37.1 Å². The van der Waals surface area contributed by atoms with Gasteiger partial charge in [0.05, 0.1) is 27.8 Å². The minimum absolute atomic E-state index is 0.101. The highest BCUT2D eigenvalue weighted by Crippen LogP contribution is 2.31. The molecule has 0 radical (unpaired) electrons. The standard InChI is InChI=1S/C27H18BrN5O2/c1-16-19(13-17-7-3-2-4-8-17)27(35)33(31-16)24(34)15-32-23-12-11-18(28)14-20(23)25-26(32)30-22-10-6-5-9-21(22)29-25/h2-14H,15H2,1H3. The molecule has 6 rings (SSSR count). The van der Waals surface area contributed by atoms with Crippen LogP contribution in [0.4, 0.5) is 0 Å². The maximum absolute atomic E-state index is 13.4. The number of halogens is 1. The molecular weight excluding hydrogens is 506 g/mol. The van der Waals surface area contributed by atoms with E-state index in [1.165, 1.54) is 0 Å². The molecule has 1 aliphatic heterocycles. The van der Waals surface area contributed by atoms with Gasteiger partial charge in [0, 0.05) is 9.86 Å². The first-order chi connectivity index (χ1) is 17.0. The number of rotatable bonds is 3. The number of carbonyl (C=O) groups excluding carboxylic acids is 2. The Labute approximate surface area is 208 Å². The molecule has 0 atom stereocenters. The Bertz CT molecular complexity index is 1740. The van der Waals surface area contributed by atoms with Gasteiger partial charge in [0.25, 0.3) is 11.8 Å². The lowest BCUT2D eigenvalue weighted by Gasteiger charge is -2.12. The van der Waals surface area contributed by atoms with E-state index in [1.807, 2.05) is 72.8 Å². The molecule has 0 saturated heterocycles. The molecule has 0 saturated carbocycles. The van der Waals surface area contributed by atoms with Crippen molar-refractivity contribution in [2.45, 2.75) is 13.5 Å². The van der Waals surface area contributed by atoms with Crippen LogP contribution >= 0.6 is 15.9 Å². The number of nitrogens with zero attached hydrogens (tertiary/aromatic N) is 5. The van der Waals surface area contributed by atoms with Gasteiger partial charge in [-0.25, -0.2) is 9.97 Å². The maximum Gasteiger partial charge on any atom is 0.283 e. The Hall–Kier alpha value is -4.17. The lowest BCUT2D eigenvalue weighted by atomic mass is 10.1. The highest BCUT2D eigenvalue weighted by atomic mass is 79.9. The van der Waals surface area contributed by atoms with Crippen molar-refractivity contribution in [2.24, 2.45) is 5.10 Å². The van der Waals surface area contributed by atoms with E-state index < -0.39 is 11.8 Å². The first kappa shape index (κ1) is 21.4. The van der Waals surface area contributed by atoms with Gasteiger partial charge in [-0.15, -0.1) is 0 Å². The predicted octanol–water partition coefficient (Wildman–Crippen LogP) is 5.33. The first-order valence-electron chi connectivity index (χ1n) is 11.0. The number of amides is 2. The number of carbonyl (C=O) groups is 2. The highest BCUT2D eigenvalue weighted by Gasteiger charge is 2.33. The fraction of sp³-hybridized carbons (Fsp3) is 0.0741. The number of imide groups is 1. The molecule has 0 spiro atoms. The quantitative estimate of drug-likeness (QED) is 0.299. The normalized spacial score (nSPS) is 15.0. The lowest BCUT2D eigenvalue weighted by Crippen LogP contribution is -2.32. The molecule has 2 aromatic heterocycles. The number of aromatic nitrogens is 3. The summed E-state index contributed by atoms with van der Waals surface area (Å²) in [6.45, 7) is 1.63. The zero-order chi connectivity index (χ0) is 24.1. The van der Waals surface area contributed by atoms with Crippen molar-refractivity contribution in [3.05, 3.63) is 88.4 Å². The van der Waals surface area contributed by atoms with Gasteiger partial charge < -0.3 is 4.57 Å². The van der Waals surface area contributed by atoms with E-state index in [-0.39, 0.29) is 6.54 Å². The molecule has 35 heavy (non-hydrogen) atoms. The molecule has 2 amide bonds. The summed E-state index contributed by atoms with van der Waals surface area (Å²) in [4.78, 5) is 36.1. The summed E-state index contributed by atoms with van der Waals surface area (Å²) >= 11 is 3.53. The molecule has 0 unspecified atom stereocenters. The van der Waals surface area contributed by atoms with E-state index in [4.69, 9.17) is 9.97 Å². The topological polar surface area (TPSA) is 80.5 Å². The van der Waals surface area contributed by atoms with Gasteiger partial charge in [0.15, 0.2) is 5.65 Å². The summed E-state index contributed by atoms with van der Waals surface area (Å²) in [5.74, 6) is -0.876. The van der Waals surface area contributed by atoms with Crippen molar-refractivity contribution in [1.29, 1.82) is 0 Å². The molecular formula is C27H18BrN5O2. The second-order valence-electron chi connectivity index (χ2n) is 8.30. The van der Waals surface area contributed by atoms with Crippen LogP contribution in [0.15, 0.2) is 87.9 Å². The molecule has 1 aliphatic rings. The van der Waals surface area contributed by atoms with E-state index >= 15 is 0 Å². The van der Waals surface area contributed by atoms with E-state index in [1.54, 1.807) is 17.6 Å². The lowest BCUT2D eigenvalue weighted by molar-refractivity contribution is -0.141. The molecule has 0 aliphatic carbocycles. The van der Waals surface area contributed by atoms with Crippen molar-refractivity contribution in [3.63, 3.8) is 0 Å². The zero-order valence-electron chi connectivity index (χ0n) is 18.6. The highest BCUT2D eigenvalue weighted by molar-refractivity contribution is 9.10. The maximum atomic E-state index is 13.4. The van der Waals surface area contributed by atoms with Crippen LogP contribution in [0.25, 0.3) is 39.2 Å². The Kier molecular flexibility index (Phi) is 5.04. The second kappa shape index (κ2) is 8.25. The van der Waals surface area contributed by atoms with Crippen LogP contribution in [0.2, 0.25) is 0 Å². The second-order valence-corrected chi connectivity index (χ2v) is 9.21. The zero-order valence-corrected chi connectivity index (χ0v) is 20.2. The summed E-state index contributed by atoms with van der Waals surface area (Å²) in [5.41, 5.74) is 5.37. The number of fused-ring (bicyclic) bond motifs is 4. The van der Waals surface area contributed by atoms with Crippen LogP contribution in [0, 0.1) is 0 Å². The van der Waals surface area contributed by atoms with Gasteiger partial charge in [0.1, 0.15) is 12.1 Å². The summed E-state index contributed by atoms with van der Waals surface area (Å²) in [6.07, 6.45) is 1.75. The molecule has 0 fully saturated rings. The number of hydrazone groups is 1. The van der Waals surface area contributed by atoms with Crippen molar-refractivity contribution >= 4 is 72.6 Å². The third-order valence-corrected chi connectivity index (χ3v) is 6.51. The predicted molar refractivity (Wildman–Crippen MR) is 140 cm³/mol. The summed E-state index contributed by atoms with van der Waals surface area (Å²) < 4.78 is 2.70. The van der Waals surface area contributed by atoms with Gasteiger partial charge >= 0.3 is 0 Å². The van der Waals surface area contributed by atoms with Gasteiger partial charge in [-0.3, -0.25) is 9.59 Å². The molecule has 170 valence electrons. The number of benzene rings is 3. The molecule has 0 N–H and O–H groups in total. The van der Waals surface area contributed by atoms with Gasteiger partial charge in [0.2, 0.25) is 0 Å². The first-order valence-corrected chi connectivity index (χ1v) is 11.8. The molecule has 7 nitrogen and oxygen atoms in total. The van der Waals surface area contributed by atoms with Crippen LogP contribution in [0.1, 0.15) is 12.5 Å². The Morgan fingerprint density at radius 3 is 2.46 bits per heavy atom. The molecule has 0 bridgehead atoms. The summed E-state index contributed by atoms with van der Waals surface area (Å²) in [7, 11) is 0. The molecule has 3 heterocycles. The number of hydrogen-bond donors (Lipinski definition) is 0. The SMILES string of the molecule is CC1=NN(C(=O)Cn2c3ccc(Br)cc3c3nc4ccccc4nc32)C(=O)C1=Cc1ccccc1. The van der Waals surface area contributed by atoms with Crippen molar-refractivity contribution in [2.75, 3.05) is 0 Å². The molecule has 3 aromatic carbocycles. The van der Waals surface area contributed by atoms with Gasteiger partial charge in [-0.1, -0.05) is 58.4 Å². The number of para-hydroxylation sites is 2. The minimum atomic E-state index is -0.442. The van der Waals surface area contributed by atoms with Crippen LogP contribution in [0.5, 0.6) is 0 Å². The van der Waals surface area contributed by atoms with E-state index in [0.29, 0.717) is 22.4 Å². The van der Waals surface area contributed by atoms with Gasteiger partial charge in [-0.05, 0) is 48.9 Å². The Morgan fingerprint density at radius 2 is 1.69 bits per heavy atom. The van der Waals surface area contributed by atoms with Crippen molar-refractivity contribution < 1.29 is 9.59 Å². The Balaban J connectivity index is 1.42. The smallest absolute Gasteiger partial charge is 0.283 e. The largest absolute Gasteiger partial charge is 0.314 e. The fourth-order valence-corrected chi connectivity index (χ4v) is 4.70. The third kappa shape index (κ3) is 3.63. The molecule has 8 heteroatoms. The van der Waals surface area contributed by atoms with Crippen molar-refractivity contribution in [1.82, 2.24) is 19.5 Å². The van der Waals surface area contributed by atoms with E-state index in [2.05, 4.69) is 21.0 Å². The average molecular weight is 524 g/mol. The monoisotopic (exact) mass is 523 g/mol. The van der Waals surface area contributed by atoms with Crippen LogP contribution < -0.4 is 0 Å². The van der Waals surface area contributed by atoms with Crippen LogP contribution in [-0.2, 0) is 16.1 Å². The Morgan fingerprint density at radius 1 is 0.971 bits per heavy atom. The molecule has 5 aromatic rings. The number of hydrogen-bond acceptors (Lipinski definition) is 5. The fourth-order valence-electron chi connectivity index (χ4n) is 4.34. The van der Waals surface area contributed by atoms with E-state index in [9.17, 15) is 9.59 Å². The van der Waals surface area contributed by atoms with Crippen molar-refractivity contribution in [3.8, 4) is 0 Å².